The topological polar surface area (TPSA) is 36.1 Å². The van der Waals surface area contributed by atoms with Gasteiger partial charge in [0.25, 0.3) is 0 Å². The lowest BCUT2D eigenvalue weighted by molar-refractivity contribution is 1.36. The SMILES string of the molecule is N#CC1=CC=c2ccc3c(c21)C=CN=3. The first-order chi connectivity index (χ1) is 6.90. The van der Waals surface area contributed by atoms with Gasteiger partial charge in [0.2, 0.25) is 0 Å². The Morgan fingerprint density at radius 2 is 2.14 bits per heavy atom. The predicted octanol–water partition coefficient (Wildman–Crippen LogP) is 0.992. The van der Waals surface area contributed by atoms with Gasteiger partial charge in [-0.2, -0.15) is 5.26 Å². The second-order valence-corrected chi connectivity index (χ2v) is 3.27. The van der Waals surface area contributed by atoms with Crippen molar-refractivity contribution in [3.63, 3.8) is 0 Å². The van der Waals surface area contributed by atoms with E-state index in [4.69, 9.17) is 5.26 Å². The van der Waals surface area contributed by atoms with E-state index in [0.29, 0.717) is 0 Å². The highest BCUT2D eigenvalue weighted by Gasteiger charge is 2.14. The molecular formula is C12H6N2. The minimum atomic E-state index is 0.735. The Bertz CT molecular complexity index is 640. The first-order valence-corrected chi connectivity index (χ1v) is 4.40. The second kappa shape index (κ2) is 2.43. The standard InChI is InChI=1S/C12H6N2/c13-7-9-2-1-8-3-4-11-10(12(8)9)5-6-14-11/h1-6H. The van der Waals surface area contributed by atoms with Gasteiger partial charge in [0, 0.05) is 17.3 Å². The number of hydrogen-bond donors (Lipinski definition) is 0. The van der Waals surface area contributed by atoms with Gasteiger partial charge >= 0.3 is 0 Å². The highest BCUT2D eigenvalue weighted by molar-refractivity contribution is 5.89. The van der Waals surface area contributed by atoms with E-state index in [9.17, 15) is 0 Å². The van der Waals surface area contributed by atoms with E-state index in [1.54, 1.807) is 6.20 Å². The molecule has 0 bridgehead atoms. The third-order valence-corrected chi connectivity index (χ3v) is 2.53. The van der Waals surface area contributed by atoms with Gasteiger partial charge in [-0.15, -0.1) is 0 Å². The van der Waals surface area contributed by atoms with Crippen molar-refractivity contribution in [2.45, 2.75) is 0 Å². The molecule has 14 heavy (non-hydrogen) atoms. The van der Waals surface area contributed by atoms with Crippen LogP contribution in [0.5, 0.6) is 0 Å². The first-order valence-electron chi connectivity index (χ1n) is 4.40. The third kappa shape index (κ3) is 0.763. The van der Waals surface area contributed by atoms with Crippen LogP contribution in [0.4, 0.5) is 0 Å². The monoisotopic (exact) mass is 178 g/mol. The van der Waals surface area contributed by atoms with Crippen LogP contribution in [-0.2, 0) is 0 Å². The van der Waals surface area contributed by atoms with Gasteiger partial charge in [0.05, 0.1) is 17.0 Å². The summed E-state index contributed by atoms with van der Waals surface area (Å²) in [5.74, 6) is 0. The molecule has 0 unspecified atom stereocenters. The summed E-state index contributed by atoms with van der Waals surface area (Å²) >= 11 is 0. The molecule has 0 saturated carbocycles. The van der Waals surface area contributed by atoms with Crippen molar-refractivity contribution in [3.05, 3.63) is 46.1 Å². The van der Waals surface area contributed by atoms with E-state index < -0.39 is 0 Å². The fraction of sp³-hybridized carbons (Fsp3) is 0. The van der Waals surface area contributed by atoms with Crippen molar-refractivity contribution in [1.82, 2.24) is 0 Å². The van der Waals surface area contributed by atoms with Crippen LogP contribution in [-0.4, -0.2) is 0 Å². The van der Waals surface area contributed by atoms with Crippen LogP contribution in [0.25, 0.3) is 17.7 Å². The number of allylic oxidation sites excluding steroid dienone is 2. The molecule has 0 aromatic heterocycles. The first kappa shape index (κ1) is 7.28. The highest BCUT2D eigenvalue weighted by atomic mass is 14.7. The van der Waals surface area contributed by atoms with Gasteiger partial charge in [-0.05, 0) is 23.4 Å². The number of fused-ring (bicyclic) bond motifs is 3. The van der Waals surface area contributed by atoms with Crippen molar-refractivity contribution in [3.8, 4) is 6.07 Å². The van der Waals surface area contributed by atoms with Crippen molar-refractivity contribution in [1.29, 1.82) is 5.26 Å². The Kier molecular flexibility index (Phi) is 1.26. The lowest BCUT2D eigenvalue weighted by Crippen LogP contribution is -2.15. The molecule has 0 spiro atoms. The number of nitriles is 1. The maximum absolute atomic E-state index is 8.95. The normalized spacial score (nSPS) is 14.9. The summed E-state index contributed by atoms with van der Waals surface area (Å²) in [5, 5.41) is 11.0. The highest BCUT2D eigenvalue weighted by Crippen LogP contribution is 2.19. The van der Waals surface area contributed by atoms with E-state index in [0.717, 1.165) is 27.3 Å². The summed E-state index contributed by atoms with van der Waals surface area (Å²) in [5.41, 5.74) is 2.84. The minimum absolute atomic E-state index is 0.735. The Labute approximate surface area is 80.8 Å². The molecule has 0 N–H and O–H groups in total. The zero-order valence-electron chi connectivity index (χ0n) is 7.36. The van der Waals surface area contributed by atoms with Gasteiger partial charge in [-0.25, -0.2) is 0 Å². The van der Waals surface area contributed by atoms with Crippen LogP contribution in [0.2, 0.25) is 0 Å². The molecule has 64 valence electrons. The third-order valence-electron chi connectivity index (χ3n) is 2.53. The number of rotatable bonds is 0. The van der Waals surface area contributed by atoms with Crippen molar-refractivity contribution < 1.29 is 0 Å². The zero-order chi connectivity index (χ0) is 9.54. The molecule has 1 aliphatic carbocycles. The van der Waals surface area contributed by atoms with Gasteiger partial charge in [-0.3, -0.25) is 4.99 Å². The molecule has 0 radical (unpaired) electrons. The molecule has 2 nitrogen and oxygen atoms in total. The second-order valence-electron chi connectivity index (χ2n) is 3.27. The van der Waals surface area contributed by atoms with Crippen LogP contribution < -0.4 is 10.6 Å². The molecule has 0 amide bonds. The largest absolute Gasteiger partial charge is 0.256 e. The average Bonchev–Trinajstić information content (AvgIpc) is 2.82. The van der Waals surface area contributed by atoms with Gasteiger partial charge in [-0.1, -0.05) is 12.1 Å². The molecule has 2 heteroatoms. The molecule has 0 fully saturated rings. The number of hydrogen-bond acceptors (Lipinski definition) is 2. The summed E-state index contributed by atoms with van der Waals surface area (Å²) in [4.78, 5) is 4.21. The van der Waals surface area contributed by atoms with E-state index in [1.165, 1.54) is 0 Å². The minimum Gasteiger partial charge on any atom is -0.256 e. The fourth-order valence-electron chi connectivity index (χ4n) is 1.89. The molecule has 1 heterocycles. The fourth-order valence-corrected chi connectivity index (χ4v) is 1.89. The Hall–Kier alpha value is -2.14. The number of benzene rings is 1. The zero-order valence-corrected chi connectivity index (χ0v) is 7.36. The van der Waals surface area contributed by atoms with E-state index in [2.05, 4.69) is 11.1 Å². The van der Waals surface area contributed by atoms with Crippen molar-refractivity contribution in [2.75, 3.05) is 0 Å². The summed E-state index contributed by atoms with van der Waals surface area (Å²) in [7, 11) is 0. The Morgan fingerprint density at radius 3 is 3.00 bits per heavy atom. The van der Waals surface area contributed by atoms with Crippen LogP contribution >= 0.6 is 0 Å². The summed E-state index contributed by atoms with van der Waals surface area (Å²) < 4.78 is 0. The molecule has 3 rings (SSSR count). The van der Waals surface area contributed by atoms with Crippen molar-refractivity contribution >= 4 is 17.7 Å². The summed E-state index contributed by atoms with van der Waals surface area (Å²) in [6.45, 7) is 0. The Morgan fingerprint density at radius 1 is 1.21 bits per heavy atom. The molecule has 1 aliphatic heterocycles. The van der Waals surface area contributed by atoms with Gasteiger partial charge in [0.15, 0.2) is 0 Å². The molecule has 1 aromatic rings. The molecule has 2 aliphatic rings. The molecular weight excluding hydrogens is 172 g/mol. The van der Waals surface area contributed by atoms with Crippen LogP contribution in [0.15, 0.2) is 29.4 Å². The van der Waals surface area contributed by atoms with E-state index in [1.807, 2.05) is 30.4 Å². The molecule has 1 aromatic carbocycles. The lowest BCUT2D eigenvalue weighted by Gasteiger charge is -1.99. The molecule has 0 atom stereocenters. The maximum atomic E-state index is 8.95. The predicted molar refractivity (Wildman–Crippen MR) is 54.3 cm³/mol. The maximum Gasteiger partial charge on any atom is 0.0998 e. The van der Waals surface area contributed by atoms with Gasteiger partial charge < -0.3 is 0 Å². The van der Waals surface area contributed by atoms with Crippen LogP contribution in [0, 0.1) is 11.3 Å². The van der Waals surface area contributed by atoms with Crippen molar-refractivity contribution in [2.24, 2.45) is 4.99 Å². The average molecular weight is 178 g/mol. The summed E-state index contributed by atoms with van der Waals surface area (Å²) in [6, 6.07) is 6.19. The van der Waals surface area contributed by atoms with E-state index >= 15 is 0 Å². The van der Waals surface area contributed by atoms with Crippen LogP contribution in [0.1, 0.15) is 11.1 Å². The quantitative estimate of drug-likeness (QED) is 0.583. The van der Waals surface area contributed by atoms with E-state index in [-0.39, 0.29) is 0 Å². The molecule has 0 saturated heterocycles. The number of nitrogens with zero attached hydrogens (tertiary/aromatic N) is 2. The lowest BCUT2D eigenvalue weighted by atomic mass is 10.0. The smallest absolute Gasteiger partial charge is 0.0998 e. The Balaban J connectivity index is 2.48. The summed E-state index contributed by atoms with van der Waals surface area (Å²) in [6.07, 6.45) is 7.56. The van der Waals surface area contributed by atoms with Gasteiger partial charge in [0.1, 0.15) is 0 Å². The van der Waals surface area contributed by atoms with Crippen LogP contribution in [0.3, 0.4) is 0 Å².